The van der Waals surface area contributed by atoms with Gasteiger partial charge in [-0.05, 0) is 48.4 Å². The number of aromatic nitrogens is 2. The minimum atomic E-state index is 0.377. The van der Waals surface area contributed by atoms with Crippen LogP contribution < -0.4 is 21.3 Å². The normalized spacial score (nSPS) is 15.7. The van der Waals surface area contributed by atoms with Crippen molar-refractivity contribution < 1.29 is 0 Å². The molecule has 2 aliphatic rings. The molecule has 0 unspecified atom stereocenters. The number of fused-ring (bicyclic) bond motifs is 1. The summed E-state index contributed by atoms with van der Waals surface area (Å²) < 4.78 is 1.79. The van der Waals surface area contributed by atoms with Crippen LogP contribution in [0.3, 0.4) is 0 Å². The van der Waals surface area contributed by atoms with Gasteiger partial charge in [0.05, 0.1) is 17.6 Å². The summed E-state index contributed by atoms with van der Waals surface area (Å²) in [6.07, 6.45) is 9.56. The lowest BCUT2D eigenvalue weighted by Crippen LogP contribution is -2.43. The highest BCUT2D eigenvalue weighted by molar-refractivity contribution is 6.02. The van der Waals surface area contributed by atoms with Crippen molar-refractivity contribution in [3.63, 3.8) is 0 Å². The van der Waals surface area contributed by atoms with Crippen LogP contribution in [0.2, 0.25) is 0 Å². The van der Waals surface area contributed by atoms with E-state index in [0.717, 1.165) is 39.3 Å². The summed E-state index contributed by atoms with van der Waals surface area (Å²) in [7, 11) is 1.91. The molecule has 3 heterocycles. The van der Waals surface area contributed by atoms with Gasteiger partial charge in [0.15, 0.2) is 0 Å². The molecule has 0 spiro atoms. The standard InChI is InChI=1S/C24H23N7/c1-16-12-17(19-14-28-29(2)15-19)8-9-21(16)31-22-18(13-27-24(31)26)10-11-30(23(22)25)20-6-4-3-5-7-20/h3-15H,25H2,1-2H3,(H2,26,27). The second-order valence-corrected chi connectivity index (χ2v) is 7.57. The zero-order chi connectivity index (χ0) is 21.5. The molecule has 7 nitrogen and oxygen atoms in total. The van der Waals surface area contributed by atoms with Crippen molar-refractivity contribution in [3.05, 3.63) is 102 Å². The molecule has 3 aromatic rings. The molecule has 4 N–H and O–H groups in total. The van der Waals surface area contributed by atoms with Gasteiger partial charge in [0.2, 0.25) is 5.96 Å². The molecular weight excluding hydrogens is 386 g/mol. The number of hydrogen-bond donors (Lipinski definition) is 2. The summed E-state index contributed by atoms with van der Waals surface area (Å²) in [5, 5.41) is 4.27. The van der Waals surface area contributed by atoms with Gasteiger partial charge in [-0.1, -0.05) is 24.3 Å². The van der Waals surface area contributed by atoms with Crippen LogP contribution in [0.4, 0.5) is 11.4 Å². The molecule has 31 heavy (non-hydrogen) atoms. The lowest BCUT2D eigenvalue weighted by atomic mass is 10.0. The molecule has 2 aliphatic heterocycles. The first-order chi connectivity index (χ1) is 15.0. The average Bonchev–Trinajstić information content (AvgIpc) is 3.21. The number of benzene rings is 2. The lowest BCUT2D eigenvalue weighted by molar-refractivity contribution is 0.768. The highest BCUT2D eigenvalue weighted by Gasteiger charge is 2.30. The summed E-state index contributed by atoms with van der Waals surface area (Å²) in [4.78, 5) is 8.29. The number of nitrogens with zero attached hydrogens (tertiary/aromatic N) is 5. The first-order valence-corrected chi connectivity index (χ1v) is 9.99. The van der Waals surface area contributed by atoms with E-state index in [4.69, 9.17) is 11.5 Å². The summed E-state index contributed by atoms with van der Waals surface area (Å²) >= 11 is 0. The average molecular weight is 409 g/mol. The van der Waals surface area contributed by atoms with Crippen molar-refractivity contribution in [1.29, 1.82) is 0 Å². The van der Waals surface area contributed by atoms with Gasteiger partial charge in [-0.3, -0.25) is 9.58 Å². The smallest absolute Gasteiger partial charge is 0.205 e. The highest BCUT2D eigenvalue weighted by Crippen LogP contribution is 2.36. The van der Waals surface area contributed by atoms with Gasteiger partial charge in [0.25, 0.3) is 0 Å². The van der Waals surface area contributed by atoms with Crippen molar-refractivity contribution in [1.82, 2.24) is 9.78 Å². The molecule has 0 radical (unpaired) electrons. The van der Waals surface area contributed by atoms with Gasteiger partial charge in [-0.2, -0.15) is 5.10 Å². The SMILES string of the molecule is Cc1cc(-c2cnn(C)c2)ccc1N1C(N)=NC=C2C=CN(c3ccccc3)C(N)=C21. The van der Waals surface area contributed by atoms with Crippen LogP contribution in [-0.4, -0.2) is 15.7 Å². The van der Waals surface area contributed by atoms with E-state index < -0.39 is 0 Å². The Morgan fingerprint density at radius 2 is 1.77 bits per heavy atom. The van der Waals surface area contributed by atoms with Gasteiger partial charge < -0.3 is 16.4 Å². The second kappa shape index (κ2) is 7.21. The van der Waals surface area contributed by atoms with Crippen molar-refractivity contribution in [2.75, 3.05) is 9.80 Å². The van der Waals surface area contributed by atoms with Crippen LogP contribution >= 0.6 is 0 Å². The predicted molar refractivity (Wildman–Crippen MR) is 125 cm³/mol. The van der Waals surface area contributed by atoms with Gasteiger partial charge >= 0.3 is 0 Å². The fraction of sp³-hybridized carbons (Fsp3) is 0.0833. The van der Waals surface area contributed by atoms with E-state index in [1.54, 1.807) is 10.9 Å². The third kappa shape index (κ3) is 3.16. The minimum Gasteiger partial charge on any atom is -0.383 e. The molecule has 0 bridgehead atoms. The van der Waals surface area contributed by atoms with Crippen LogP contribution in [-0.2, 0) is 7.05 Å². The summed E-state index contributed by atoms with van der Waals surface area (Å²) in [5.41, 5.74) is 19.9. The molecule has 7 heteroatoms. The number of guanidine groups is 1. The number of hydrogen-bond acceptors (Lipinski definition) is 6. The molecule has 1 aromatic heterocycles. The number of aryl methyl sites for hydroxylation is 2. The quantitative estimate of drug-likeness (QED) is 0.690. The largest absolute Gasteiger partial charge is 0.383 e. The van der Waals surface area contributed by atoms with Crippen LogP contribution in [0.1, 0.15) is 5.56 Å². The third-order valence-corrected chi connectivity index (χ3v) is 5.48. The van der Waals surface area contributed by atoms with E-state index in [9.17, 15) is 0 Å². The summed E-state index contributed by atoms with van der Waals surface area (Å²) in [6.45, 7) is 2.06. The molecule has 0 atom stereocenters. The van der Waals surface area contributed by atoms with Crippen molar-refractivity contribution in [2.45, 2.75) is 6.92 Å². The Bertz CT molecular complexity index is 1280. The molecule has 0 saturated heterocycles. The van der Waals surface area contributed by atoms with Crippen LogP contribution in [0.15, 0.2) is 101 Å². The Labute approximate surface area is 180 Å². The molecule has 0 aliphatic carbocycles. The summed E-state index contributed by atoms with van der Waals surface area (Å²) in [5.74, 6) is 0.968. The predicted octanol–water partition coefficient (Wildman–Crippen LogP) is 3.58. The molecule has 5 rings (SSSR count). The van der Waals surface area contributed by atoms with Gasteiger partial charge in [0.1, 0.15) is 5.82 Å². The number of allylic oxidation sites excluding steroid dienone is 1. The lowest BCUT2D eigenvalue weighted by Gasteiger charge is -2.36. The van der Waals surface area contributed by atoms with E-state index in [-0.39, 0.29) is 0 Å². The minimum absolute atomic E-state index is 0.377. The van der Waals surface area contributed by atoms with Crippen molar-refractivity contribution >= 4 is 17.3 Å². The van der Waals surface area contributed by atoms with E-state index >= 15 is 0 Å². The number of aliphatic imine (C=N–C) groups is 1. The zero-order valence-electron chi connectivity index (χ0n) is 17.4. The molecule has 2 aromatic carbocycles. The number of para-hydroxylation sites is 1. The van der Waals surface area contributed by atoms with Crippen LogP contribution in [0.5, 0.6) is 0 Å². The highest BCUT2D eigenvalue weighted by atomic mass is 15.3. The maximum Gasteiger partial charge on any atom is 0.205 e. The number of nitrogens with two attached hydrogens (primary N) is 2. The fourth-order valence-corrected chi connectivity index (χ4v) is 3.95. The Kier molecular flexibility index (Phi) is 4.36. The first kappa shape index (κ1) is 18.7. The van der Waals surface area contributed by atoms with Crippen LogP contribution in [0, 0.1) is 6.92 Å². The van der Waals surface area contributed by atoms with Gasteiger partial charge in [-0.15, -0.1) is 0 Å². The second-order valence-electron chi connectivity index (χ2n) is 7.57. The molecule has 0 saturated carbocycles. The van der Waals surface area contributed by atoms with Crippen molar-refractivity contribution in [2.24, 2.45) is 23.5 Å². The zero-order valence-corrected chi connectivity index (χ0v) is 17.4. The number of rotatable bonds is 3. The number of anilines is 2. The van der Waals surface area contributed by atoms with E-state index in [0.29, 0.717) is 11.8 Å². The monoisotopic (exact) mass is 409 g/mol. The third-order valence-electron chi connectivity index (χ3n) is 5.48. The topological polar surface area (TPSA) is 88.7 Å². The maximum absolute atomic E-state index is 6.68. The Hall–Kier alpha value is -4.26. The molecule has 154 valence electrons. The van der Waals surface area contributed by atoms with E-state index in [1.165, 1.54) is 0 Å². The Morgan fingerprint density at radius 3 is 2.48 bits per heavy atom. The molecule has 0 fully saturated rings. The van der Waals surface area contributed by atoms with E-state index in [1.807, 2.05) is 71.8 Å². The first-order valence-electron chi connectivity index (χ1n) is 9.99. The summed E-state index contributed by atoms with van der Waals surface area (Å²) in [6, 6.07) is 16.2. The van der Waals surface area contributed by atoms with E-state index in [2.05, 4.69) is 35.2 Å². The van der Waals surface area contributed by atoms with Crippen molar-refractivity contribution in [3.8, 4) is 11.1 Å². The van der Waals surface area contributed by atoms with Gasteiger partial charge in [0, 0.05) is 42.5 Å². The molecular formula is C24H23N7. The fourth-order valence-electron chi connectivity index (χ4n) is 3.95. The Morgan fingerprint density at radius 1 is 0.968 bits per heavy atom. The molecule has 0 amide bonds. The maximum atomic E-state index is 6.68. The Balaban J connectivity index is 1.60. The van der Waals surface area contributed by atoms with Crippen LogP contribution in [0.25, 0.3) is 11.1 Å². The van der Waals surface area contributed by atoms with Gasteiger partial charge in [-0.25, -0.2) is 4.99 Å².